The van der Waals surface area contributed by atoms with Gasteiger partial charge in [-0.05, 0) is 43.1 Å². The van der Waals surface area contributed by atoms with Gasteiger partial charge < -0.3 is 0 Å². The zero-order valence-electron chi connectivity index (χ0n) is 12.6. The van der Waals surface area contributed by atoms with Crippen molar-refractivity contribution in [2.45, 2.75) is 53.5 Å². The van der Waals surface area contributed by atoms with E-state index in [-0.39, 0.29) is 5.56 Å². The van der Waals surface area contributed by atoms with E-state index in [0.717, 1.165) is 29.5 Å². The van der Waals surface area contributed by atoms with Crippen molar-refractivity contribution in [2.24, 2.45) is 11.3 Å². The molecule has 4 nitrogen and oxygen atoms in total. The molecule has 20 heavy (non-hydrogen) atoms. The third-order valence-electron chi connectivity index (χ3n) is 4.46. The van der Waals surface area contributed by atoms with Gasteiger partial charge in [-0.1, -0.05) is 26.0 Å². The lowest BCUT2D eigenvalue weighted by atomic mass is 9.72. The van der Waals surface area contributed by atoms with Crippen molar-refractivity contribution in [3.05, 3.63) is 20.8 Å². The van der Waals surface area contributed by atoms with Crippen molar-refractivity contribution >= 4 is 21.6 Å². The monoisotopic (exact) mass is 291 g/mol. The van der Waals surface area contributed by atoms with Crippen LogP contribution in [0.3, 0.4) is 0 Å². The van der Waals surface area contributed by atoms with E-state index in [2.05, 4.69) is 31.1 Å². The van der Waals surface area contributed by atoms with Crippen molar-refractivity contribution in [3.63, 3.8) is 0 Å². The largest absolute Gasteiger partial charge is 0.278 e. The lowest BCUT2D eigenvalue weighted by Gasteiger charge is -2.33. The zero-order valence-corrected chi connectivity index (χ0v) is 13.4. The van der Waals surface area contributed by atoms with Crippen molar-refractivity contribution < 1.29 is 0 Å². The molecule has 0 N–H and O–H groups in total. The van der Waals surface area contributed by atoms with Gasteiger partial charge in [0.1, 0.15) is 0 Å². The van der Waals surface area contributed by atoms with Gasteiger partial charge >= 0.3 is 0 Å². The molecule has 1 aliphatic rings. The highest BCUT2D eigenvalue weighted by Gasteiger charge is 2.31. The first-order valence-corrected chi connectivity index (χ1v) is 8.11. The van der Waals surface area contributed by atoms with Gasteiger partial charge in [-0.25, -0.2) is 4.68 Å². The van der Waals surface area contributed by atoms with Crippen LogP contribution < -0.4 is 5.56 Å². The van der Waals surface area contributed by atoms with E-state index in [1.807, 2.05) is 6.92 Å². The number of rotatable bonds is 1. The summed E-state index contributed by atoms with van der Waals surface area (Å²) in [5, 5.41) is 9.07. The molecule has 2 heterocycles. The minimum atomic E-state index is 0.0317. The van der Waals surface area contributed by atoms with Crippen molar-refractivity contribution in [3.8, 4) is 0 Å². The molecule has 1 aliphatic carbocycles. The second kappa shape index (κ2) is 4.65. The molecule has 3 rings (SSSR count). The fraction of sp³-hybridized carbons (Fsp3) is 0.667. The lowest BCUT2D eigenvalue weighted by Crippen LogP contribution is -2.27. The summed E-state index contributed by atoms with van der Waals surface area (Å²) < 4.78 is 1.46. The Bertz CT molecular complexity index is 708. The van der Waals surface area contributed by atoms with Crippen LogP contribution >= 0.6 is 11.3 Å². The molecule has 2 aromatic rings. The Kier molecular flexibility index (Phi) is 3.20. The van der Waals surface area contributed by atoms with Crippen LogP contribution in [0.5, 0.6) is 0 Å². The zero-order chi connectivity index (χ0) is 14.5. The Balaban J connectivity index is 2.13. The SMILES string of the molecule is CCn1nnc2sc3c(c2c1=O)CCC(C(C)(C)C)C3. The standard InChI is InChI=1S/C15H21N3OS/c1-5-18-14(19)12-10-7-6-9(15(2,3)4)8-11(10)20-13(12)16-17-18/h9H,5-8H2,1-4H3. The van der Waals surface area contributed by atoms with Crippen molar-refractivity contribution in [1.82, 2.24) is 15.0 Å². The first kappa shape index (κ1) is 13.7. The summed E-state index contributed by atoms with van der Waals surface area (Å²) in [6.07, 6.45) is 3.24. The molecule has 1 unspecified atom stereocenters. The quantitative estimate of drug-likeness (QED) is 0.811. The molecule has 2 aromatic heterocycles. The van der Waals surface area contributed by atoms with E-state index >= 15 is 0 Å². The number of nitrogens with zero attached hydrogens (tertiary/aromatic N) is 3. The number of fused-ring (bicyclic) bond motifs is 3. The minimum Gasteiger partial charge on any atom is -0.267 e. The maximum Gasteiger partial charge on any atom is 0.278 e. The predicted molar refractivity (Wildman–Crippen MR) is 82.3 cm³/mol. The second-order valence-electron chi connectivity index (χ2n) is 6.70. The van der Waals surface area contributed by atoms with Crippen LogP contribution in [0.15, 0.2) is 4.79 Å². The van der Waals surface area contributed by atoms with Crippen LogP contribution in [0, 0.1) is 11.3 Å². The van der Waals surface area contributed by atoms with Gasteiger partial charge in [0.05, 0.1) is 5.39 Å². The molecule has 0 spiro atoms. The molecule has 0 fully saturated rings. The van der Waals surface area contributed by atoms with Gasteiger partial charge in [-0.3, -0.25) is 4.79 Å². The summed E-state index contributed by atoms with van der Waals surface area (Å²) in [7, 11) is 0. The van der Waals surface area contributed by atoms with Crippen LogP contribution in [0.25, 0.3) is 10.2 Å². The molecular weight excluding hydrogens is 270 g/mol. The number of aromatic nitrogens is 3. The fourth-order valence-corrected chi connectivity index (χ4v) is 4.31. The van der Waals surface area contributed by atoms with E-state index in [0.29, 0.717) is 17.9 Å². The van der Waals surface area contributed by atoms with E-state index in [1.165, 1.54) is 15.1 Å². The number of aryl methyl sites for hydroxylation is 2. The lowest BCUT2D eigenvalue weighted by molar-refractivity contribution is 0.218. The average Bonchev–Trinajstić information content (AvgIpc) is 2.76. The molecule has 0 bridgehead atoms. The summed E-state index contributed by atoms with van der Waals surface area (Å²) in [6, 6.07) is 0. The van der Waals surface area contributed by atoms with Crippen molar-refractivity contribution in [1.29, 1.82) is 0 Å². The third-order valence-corrected chi connectivity index (χ3v) is 5.60. The van der Waals surface area contributed by atoms with Gasteiger partial charge in [0.15, 0.2) is 4.83 Å². The molecule has 0 aliphatic heterocycles. The summed E-state index contributed by atoms with van der Waals surface area (Å²) >= 11 is 1.67. The Morgan fingerprint density at radius 3 is 2.80 bits per heavy atom. The second-order valence-corrected chi connectivity index (χ2v) is 7.78. The average molecular weight is 291 g/mol. The van der Waals surface area contributed by atoms with E-state index in [9.17, 15) is 4.79 Å². The fourth-order valence-electron chi connectivity index (χ4n) is 3.07. The van der Waals surface area contributed by atoms with Gasteiger partial charge in [0, 0.05) is 11.4 Å². The normalized spacial score (nSPS) is 19.3. The molecule has 0 aromatic carbocycles. The van der Waals surface area contributed by atoms with E-state index in [1.54, 1.807) is 11.3 Å². The highest BCUT2D eigenvalue weighted by Crippen LogP contribution is 2.41. The number of hydrogen-bond donors (Lipinski definition) is 0. The summed E-state index contributed by atoms with van der Waals surface area (Å²) in [5.74, 6) is 0.685. The molecule has 5 heteroatoms. The molecule has 1 atom stereocenters. The summed E-state index contributed by atoms with van der Waals surface area (Å²) in [4.78, 5) is 14.6. The van der Waals surface area contributed by atoms with Gasteiger partial charge in [-0.2, -0.15) is 0 Å². The van der Waals surface area contributed by atoms with Crippen LogP contribution in [0.4, 0.5) is 0 Å². The smallest absolute Gasteiger partial charge is 0.267 e. The van der Waals surface area contributed by atoms with Gasteiger partial charge in [-0.15, -0.1) is 16.4 Å². The first-order chi connectivity index (χ1) is 9.41. The van der Waals surface area contributed by atoms with Crippen LogP contribution in [-0.2, 0) is 19.4 Å². The van der Waals surface area contributed by atoms with Crippen molar-refractivity contribution in [2.75, 3.05) is 0 Å². The summed E-state index contributed by atoms with van der Waals surface area (Å²) in [6.45, 7) is 9.42. The molecule has 0 saturated carbocycles. The van der Waals surface area contributed by atoms with Gasteiger partial charge in [0.25, 0.3) is 5.56 Å². The van der Waals surface area contributed by atoms with Gasteiger partial charge in [0.2, 0.25) is 0 Å². The maximum absolute atomic E-state index is 12.4. The Morgan fingerprint density at radius 1 is 1.40 bits per heavy atom. The van der Waals surface area contributed by atoms with E-state index < -0.39 is 0 Å². The number of thiophene rings is 1. The molecule has 0 amide bonds. The number of hydrogen-bond acceptors (Lipinski definition) is 4. The maximum atomic E-state index is 12.4. The predicted octanol–water partition coefficient (Wildman–Crippen LogP) is 3.02. The molecular formula is C15H21N3OS. The Morgan fingerprint density at radius 2 is 2.15 bits per heavy atom. The van der Waals surface area contributed by atoms with E-state index in [4.69, 9.17) is 0 Å². The molecule has 0 saturated heterocycles. The first-order valence-electron chi connectivity index (χ1n) is 7.30. The Labute approximate surface area is 122 Å². The van der Waals surface area contributed by atoms with Crippen LogP contribution in [-0.4, -0.2) is 15.0 Å². The Hall–Kier alpha value is -1.23. The molecule has 0 radical (unpaired) electrons. The topological polar surface area (TPSA) is 47.8 Å². The highest BCUT2D eigenvalue weighted by molar-refractivity contribution is 7.18. The minimum absolute atomic E-state index is 0.0317. The molecule has 108 valence electrons. The third kappa shape index (κ3) is 2.08. The van der Waals surface area contributed by atoms with Crippen LogP contribution in [0.2, 0.25) is 0 Å². The highest BCUT2D eigenvalue weighted by atomic mass is 32.1. The van der Waals surface area contributed by atoms with Crippen LogP contribution in [0.1, 0.15) is 44.6 Å². The summed E-state index contributed by atoms with van der Waals surface area (Å²) in [5.41, 5.74) is 1.60.